The zero-order chi connectivity index (χ0) is 20.9. The van der Waals surface area contributed by atoms with E-state index in [-0.39, 0.29) is 51.0 Å². The van der Waals surface area contributed by atoms with Crippen molar-refractivity contribution in [3.05, 3.63) is 82.8 Å². The Balaban J connectivity index is 0.000000431. The molecule has 3 heteroatoms. The summed E-state index contributed by atoms with van der Waals surface area (Å²) in [7, 11) is 0. The quantitative estimate of drug-likeness (QED) is 0.434. The SMILES string of the molecule is C[C-]1C2=C3Cc4ccccc4C3C3CCCCC3C2CC(C)C1(C)C.[Cl-].[Cl-].[Zr+4].c1cc[cH-]c1. The maximum atomic E-state index is 2.51. The number of fused-ring (bicyclic) bond motifs is 7. The van der Waals surface area contributed by atoms with Crippen molar-refractivity contribution in [2.24, 2.45) is 29.1 Å². The standard InChI is InChI=1S/C25H33.C5H5.2ClH.Zr/c1-15-13-21-19-11-7-8-12-20(19)24-18-10-6-5-9-17(18)14-22(24)23(21)16(2)25(15,3)4;1-2-4-5-3-1;;;/h5-6,9-10,15,19-21,24H,7-8,11-14H2,1-4H3;1-5H;2*1H;/q2*-1;;;+4/p-2. The van der Waals surface area contributed by atoms with Gasteiger partial charge in [0, 0.05) is 0 Å². The van der Waals surface area contributed by atoms with E-state index in [9.17, 15) is 0 Å². The van der Waals surface area contributed by atoms with E-state index >= 15 is 0 Å². The molecule has 2 aromatic carbocycles. The molecule has 0 aromatic heterocycles. The topological polar surface area (TPSA) is 0 Å². The third-order valence-corrected chi connectivity index (χ3v) is 9.45. The maximum absolute atomic E-state index is 2.51. The van der Waals surface area contributed by atoms with Gasteiger partial charge in [0.05, 0.1) is 0 Å². The number of benzene rings is 1. The third-order valence-electron chi connectivity index (χ3n) is 9.45. The van der Waals surface area contributed by atoms with Crippen molar-refractivity contribution in [3.63, 3.8) is 0 Å². The predicted octanol–water partition coefficient (Wildman–Crippen LogP) is 2.13. The summed E-state index contributed by atoms with van der Waals surface area (Å²) < 4.78 is 0. The molecule has 4 aliphatic carbocycles. The molecule has 0 radical (unpaired) electrons. The normalized spacial score (nSPS) is 30.5. The number of hydrogen-bond acceptors (Lipinski definition) is 0. The molecule has 6 rings (SSSR count). The van der Waals surface area contributed by atoms with Gasteiger partial charge in [-0.15, -0.1) is 6.92 Å². The zero-order valence-corrected chi connectivity index (χ0v) is 24.6. The molecule has 0 saturated heterocycles. The number of allylic oxidation sites excluding steroid dienone is 2. The summed E-state index contributed by atoms with van der Waals surface area (Å²) in [6, 6.07) is 19.4. The summed E-state index contributed by atoms with van der Waals surface area (Å²) in [4.78, 5) is 0. The summed E-state index contributed by atoms with van der Waals surface area (Å²) in [5.41, 5.74) is 7.35. The molecular formula is C30H38Cl2Zr. The van der Waals surface area contributed by atoms with E-state index in [1.807, 2.05) is 41.5 Å². The van der Waals surface area contributed by atoms with Gasteiger partial charge >= 0.3 is 26.2 Å². The minimum atomic E-state index is 0. The first kappa shape index (κ1) is 28.9. The van der Waals surface area contributed by atoms with Crippen molar-refractivity contribution in [2.45, 2.75) is 72.1 Å². The fraction of sp³-hybridized carbons (Fsp3) is 0.533. The van der Waals surface area contributed by atoms with Crippen molar-refractivity contribution in [3.8, 4) is 0 Å². The van der Waals surface area contributed by atoms with Gasteiger partial charge in [0.15, 0.2) is 0 Å². The summed E-state index contributed by atoms with van der Waals surface area (Å²) in [5.74, 6) is 6.00. The van der Waals surface area contributed by atoms with E-state index < -0.39 is 0 Å². The molecule has 0 amide bonds. The molecule has 2 saturated carbocycles. The third kappa shape index (κ3) is 4.99. The van der Waals surface area contributed by atoms with E-state index in [1.54, 1.807) is 17.0 Å². The van der Waals surface area contributed by atoms with Crippen LogP contribution in [0.15, 0.2) is 65.7 Å². The van der Waals surface area contributed by atoms with Crippen LogP contribution in [0.1, 0.15) is 76.8 Å². The second-order valence-corrected chi connectivity index (χ2v) is 11.0. The minimum Gasteiger partial charge on any atom is -1.00 e. The van der Waals surface area contributed by atoms with Crippen molar-refractivity contribution in [2.75, 3.05) is 0 Å². The van der Waals surface area contributed by atoms with Crippen molar-refractivity contribution < 1.29 is 51.0 Å². The fourth-order valence-electron chi connectivity index (χ4n) is 7.33. The van der Waals surface area contributed by atoms with E-state index in [2.05, 4.69) is 52.0 Å². The Labute approximate surface area is 233 Å². The van der Waals surface area contributed by atoms with Crippen LogP contribution >= 0.6 is 0 Å². The van der Waals surface area contributed by atoms with E-state index in [0.29, 0.717) is 5.41 Å². The van der Waals surface area contributed by atoms with Crippen LogP contribution in [0.2, 0.25) is 0 Å². The molecule has 5 atom stereocenters. The first-order valence-corrected chi connectivity index (χ1v) is 12.3. The van der Waals surface area contributed by atoms with Gasteiger partial charge in [0.1, 0.15) is 0 Å². The maximum Gasteiger partial charge on any atom is 4.00 e. The van der Waals surface area contributed by atoms with Crippen LogP contribution in [-0.4, -0.2) is 0 Å². The van der Waals surface area contributed by atoms with Crippen LogP contribution in [0.25, 0.3) is 0 Å². The molecule has 176 valence electrons. The molecule has 0 spiro atoms. The Kier molecular flexibility index (Phi) is 10.1. The van der Waals surface area contributed by atoms with E-state index in [0.717, 1.165) is 29.6 Å². The zero-order valence-electron chi connectivity index (χ0n) is 20.6. The number of hydrogen-bond donors (Lipinski definition) is 0. The second-order valence-electron chi connectivity index (χ2n) is 11.0. The Morgan fingerprint density at radius 2 is 1.58 bits per heavy atom. The molecule has 4 aliphatic rings. The van der Waals surface area contributed by atoms with Gasteiger partial charge in [-0.25, -0.2) is 29.2 Å². The van der Waals surface area contributed by atoms with Crippen molar-refractivity contribution >= 4 is 0 Å². The molecule has 0 heterocycles. The molecular weight excluding hydrogens is 522 g/mol. The van der Waals surface area contributed by atoms with E-state index in [1.165, 1.54) is 38.5 Å². The summed E-state index contributed by atoms with van der Waals surface area (Å²) in [6.07, 6.45) is 8.52. The van der Waals surface area contributed by atoms with Crippen LogP contribution in [0.4, 0.5) is 0 Å². The van der Waals surface area contributed by atoms with Crippen LogP contribution in [0, 0.1) is 35.0 Å². The van der Waals surface area contributed by atoms with Crippen molar-refractivity contribution in [1.82, 2.24) is 0 Å². The fourth-order valence-corrected chi connectivity index (χ4v) is 7.33. The summed E-state index contributed by atoms with van der Waals surface area (Å²) in [5, 5.41) is 0. The largest absolute Gasteiger partial charge is 4.00 e. The Morgan fingerprint density at radius 1 is 0.939 bits per heavy atom. The van der Waals surface area contributed by atoms with Gasteiger partial charge in [-0.2, -0.15) is 18.2 Å². The molecule has 0 N–H and O–H groups in total. The van der Waals surface area contributed by atoms with Crippen molar-refractivity contribution in [1.29, 1.82) is 0 Å². The van der Waals surface area contributed by atoms with Gasteiger partial charge < -0.3 is 24.8 Å². The van der Waals surface area contributed by atoms with Crippen LogP contribution in [0.3, 0.4) is 0 Å². The van der Waals surface area contributed by atoms with Crippen LogP contribution in [-0.2, 0) is 32.6 Å². The predicted molar refractivity (Wildman–Crippen MR) is 127 cm³/mol. The monoisotopic (exact) mass is 558 g/mol. The Hall–Kier alpha value is -0.357. The second kappa shape index (κ2) is 11.6. The van der Waals surface area contributed by atoms with Gasteiger partial charge in [0.25, 0.3) is 0 Å². The average molecular weight is 561 g/mol. The number of halogens is 2. The van der Waals surface area contributed by atoms with E-state index in [4.69, 9.17) is 0 Å². The Bertz CT molecular complexity index is 896. The van der Waals surface area contributed by atoms with Crippen LogP contribution in [0.5, 0.6) is 0 Å². The van der Waals surface area contributed by atoms with Gasteiger partial charge in [-0.1, -0.05) is 99.1 Å². The van der Waals surface area contributed by atoms with Gasteiger partial charge in [-0.05, 0) is 30.6 Å². The molecule has 0 bridgehead atoms. The first-order valence-electron chi connectivity index (χ1n) is 12.3. The van der Waals surface area contributed by atoms with Gasteiger partial charge in [0.2, 0.25) is 0 Å². The van der Waals surface area contributed by atoms with Gasteiger partial charge in [-0.3, -0.25) is 0 Å². The molecule has 5 unspecified atom stereocenters. The summed E-state index contributed by atoms with van der Waals surface area (Å²) >= 11 is 0. The smallest absolute Gasteiger partial charge is 1.00 e. The number of rotatable bonds is 0. The summed E-state index contributed by atoms with van der Waals surface area (Å²) in [6.45, 7) is 9.99. The first-order chi connectivity index (χ1) is 14.5. The van der Waals surface area contributed by atoms with Crippen LogP contribution < -0.4 is 24.8 Å². The minimum absolute atomic E-state index is 0. The molecule has 2 fully saturated rings. The molecule has 2 aromatic rings. The molecule has 0 aliphatic heterocycles. The molecule has 0 nitrogen and oxygen atoms in total. The Morgan fingerprint density at radius 3 is 2.21 bits per heavy atom. The molecule has 33 heavy (non-hydrogen) atoms. The average Bonchev–Trinajstić information content (AvgIpc) is 3.44.